The SMILES string of the molecule is CCS(=O)(=O)CCCC(N)c1cccc(F)c1. The Hall–Kier alpha value is -0.940. The number of nitrogens with two attached hydrogens (primary N) is 1. The van der Waals surface area contributed by atoms with Crippen LogP contribution >= 0.6 is 0 Å². The van der Waals surface area contributed by atoms with E-state index in [2.05, 4.69) is 0 Å². The maximum Gasteiger partial charge on any atom is 0.150 e. The molecule has 0 heterocycles. The van der Waals surface area contributed by atoms with E-state index in [1.54, 1.807) is 19.1 Å². The molecule has 2 N–H and O–H groups in total. The molecule has 1 aromatic rings. The minimum absolute atomic E-state index is 0.145. The molecule has 0 bridgehead atoms. The molecule has 1 atom stereocenters. The zero-order valence-electron chi connectivity index (χ0n) is 9.90. The molecule has 1 rings (SSSR count). The fraction of sp³-hybridized carbons (Fsp3) is 0.500. The second-order valence-electron chi connectivity index (χ2n) is 4.04. The smallest absolute Gasteiger partial charge is 0.150 e. The molecule has 0 aromatic heterocycles. The summed E-state index contributed by atoms with van der Waals surface area (Å²) in [5.74, 6) is -0.0199. The van der Waals surface area contributed by atoms with E-state index in [4.69, 9.17) is 5.73 Å². The Morgan fingerprint density at radius 3 is 2.71 bits per heavy atom. The van der Waals surface area contributed by atoms with E-state index in [1.807, 2.05) is 0 Å². The van der Waals surface area contributed by atoms with Crippen LogP contribution in [0.2, 0.25) is 0 Å². The van der Waals surface area contributed by atoms with Crippen molar-refractivity contribution < 1.29 is 12.8 Å². The Morgan fingerprint density at radius 1 is 1.41 bits per heavy atom. The van der Waals surface area contributed by atoms with Crippen molar-refractivity contribution >= 4 is 9.84 Å². The number of hydrogen-bond acceptors (Lipinski definition) is 3. The van der Waals surface area contributed by atoms with E-state index >= 15 is 0 Å². The minimum Gasteiger partial charge on any atom is -0.324 e. The second-order valence-corrected chi connectivity index (χ2v) is 6.51. The number of hydrogen-bond donors (Lipinski definition) is 1. The van der Waals surface area contributed by atoms with Gasteiger partial charge in [0.1, 0.15) is 15.7 Å². The molecular formula is C12H18FNO2S. The molecule has 5 heteroatoms. The van der Waals surface area contributed by atoms with Gasteiger partial charge in [0.15, 0.2) is 0 Å². The lowest BCUT2D eigenvalue weighted by Gasteiger charge is -2.11. The van der Waals surface area contributed by atoms with E-state index in [9.17, 15) is 12.8 Å². The highest BCUT2D eigenvalue weighted by atomic mass is 32.2. The molecule has 1 unspecified atom stereocenters. The van der Waals surface area contributed by atoms with Gasteiger partial charge >= 0.3 is 0 Å². The largest absolute Gasteiger partial charge is 0.324 e. The number of benzene rings is 1. The van der Waals surface area contributed by atoms with E-state index < -0.39 is 9.84 Å². The van der Waals surface area contributed by atoms with Crippen LogP contribution < -0.4 is 5.73 Å². The standard InChI is InChI=1S/C12H18FNO2S/c1-2-17(15,16)8-4-7-12(14)10-5-3-6-11(13)9-10/h3,5-6,9,12H,2,4,7-8,14H2,1H3. The average Bonchev–Trinajstić information content (AvgIpc) is 2.28. The molecular weight excluding hydrogens is 241 g/mol. The fourth-order valence-electron chi connectivity index (χ4n) is 1.57. The Kier molecular flexibility index (Phi) is 5.08. The van der Waals surface area contributed by atoms with Crippen LogP contribution in [-0.4, -0.2) is 19.9 Å². The first-order valence-corrected chi connectivity index (χ1v) is 7.48. The molecule has 0 aliphatic rings. The van der Waals surface area contributed by atoms with Gasteiger partial charge in [-0.15, -0.1) is 0 Å². The number of sulfone groups is 1. The first kappa shape index (κ1) is 14.1. The summed E-state index contributed by atoms with van der Waals surface area (Å²) in [4.78, 5) is 0. The van der Waals surface area contributed by atoms with Crippen molar-refractivity contribution in [2.24, 2.45) is 5.73 Å². The molecule has 0 spiro atoms. The van der Waals surface area contributed by atoms with Crippen LogP contribution in [0.15, 0.2) is 24.3 Å². The zero-order chi connectivity index (χ0) is 12.9. The van der Waals surface area contributed by atoms with Crippen LogP contribution in [0, 0.1) is 5.82 Å². The Bertz CT molecular complexity index is 459. The highest BCUT2D eigenvalue weighted by Gasteiger charge is 2.10. The summed E-state index contributed by atoms with van der Waals surface area (Å²) in [6.45, 7) is 1.63. The van der Waals surface area contributed by atoms with Gasteiger partial charge in [0.25, 0.3) is 0 Å². The van der Waals surface area contributed by atoms with Gasteiger partial charge in [0, 0.05) is 11.8 Å². The summed E-state index contributed by atoms with van der Waals surface area (Å²) in [5, 5.41) is 0. The lowest BCUT2D eigenvalue weighted by Crippen LogP contribution is -2.14. The van der Waals surface area contributed by atoms with Crippen molar-refractivity contribution in [3.8, 4) is 0 Å². The summed E-state index contributed by atoms with van der Waals surface area (Å²) < 4.78 is 35.5. The predicted molar refractivity (Wildman–Crippen MR) is 66.9 cm³/mol. The first-order valence-electron chi connectivity index (χ1n) is 5.66. The summed E-state index contributed by atoms with van der Waals surface area (Å²) in [5.41, 5.74) is 6.58. The molecule has 96 valence electrons. The number of halogens is 1. The Morgan fingerprint density at radius 2 is 2.12 bits per heavy atom. The van der Waals surface area contributed by atoms with E-state index in [-0.39, 0.29) is 23.4 Å². The zero-order valence-corrected chi connectivity index (χ0v) is 10.7. The topological polar surface area (TPSA) is 60.2 Å². The van der Waals surface area contributed by atoms with Gasteiger partial charge in [-0.05, 0) is 30.5 Å². The third-order valence-corrected chi connectivity index (χ3v) is 4.48. The molecule has 0 aliphatic carbocycles. The summed E-state index contributed by atoms with van der Waals surface area (Å²) in [6.07, 6.45) is 1.05. The maximum absolute atomic E-state index is 12.9. The molecule has 0 aliphatic heterocycles. The molecule has 0 saturated carbocycles. The van der Waals surface area contributed by atoms with Gasteiger partial charge in [0.2, 0.25) is 0 Å². The Balaban J connectivity index is 2.48. The van der Waals surface area contributed by atoms with Crippen LogP contribution in [0.5, 0.6) is 0 Å². The maximum atomic E-state index is 12.9. The Labute approximate surface area is 102 Å². The highest BCUT2D eigenvalue weighted by Crippen LogP contribution is 2.17. The van der Waals surface area contributed by atoms with Gasteiger partial charge in [-0.3, -0.25) is 0 Å². The summed E-state index contributed by atoms with van der Waals surface area (Å²) >= 11 is 0. The normalized spacial score (nSPS) is 13.6. The van der Waals surface area contributed by atoms with Gasteiger partial charge in [-0.1, -0.05) is 19.1 Å². The molecule has 0 amide bonds. The summed E-state index contributed by atoms with van der Waals surface area (Å²) in [6, 6.07) is 5.80. The van der Waals surface area contributed by atoms with E-state index in [0.29, 0.717) is 18.4 Å². The predicted octanol–water partition coefficient (Wildman–Crippen LogP) is 2.04. The van der Waals surface area contributed by atoms with Gasteiger partial charge < -0.3 is 5.73 Å². The molecule has 0 saturated heterocycles. The third-order valence-electron chi connectivity index (χ3n) is 2.69. The van der Waals surface area contributed by atoms with Gasteiger partial charge in [-0.25, -0.2) is 12.8 Å². The molecule has 17 heavy (non-hydrogen) atoms. The van der Waals surface area contributed by atoms with Crippen molar-refractivity contribution in [2.75, 3.05) is 11.5 Å². The third kappa shape index (κ3) is 4.83. The van der Waals surface area contributed by atoms with E-state index in [0.717, 1.165) is 0 Å². The monoisotopic (exact) mass is 259 g/mol. The quantitative estimate of drug-likeness (QED) is 0.850. The van der Waals surface area contributed by atoms with Crippen molar-refractivity contribution in [1.82, 2.24) is 0 Å². The van der Waals surface area contributed by atoms with Crippen molar-refractivity contribution in [2.45, 2.75) is 25.8 Å². The second kappa shape index (κ2) is 6.12. The minimum atomic E-state index is -2.94. The highest BCUT2D eigenvalue weighted by molar-refractivity contribution is 7.91. The average molecular weight is 259 g/mol. The van der Waals surface area contributed by atoms with Crippen molar-refractivity contribution in [3.05, 3.63) is 35.6 Å². The summed E-state index contributed by atoms with van der Waals surface area (Å²) in [7, 11) is -2.94. The van der Waals surface area contributed by atoms with Crippen LogP contribution in [0.1, 0.15) is 31.4 Å². The van der Waals surface area contributed by atoms with Crippen LogP contribution in [0.3, 0.4) is 0 Å². The number of rotatable bonds is 6. The van der Waals surface area contributed by atoms with Crippen LogP contribution in [-0.2, 0) is 9.84 Å². The first-order chi connectivity index (χ1) is 7.94. The van der Waals surface area contributed by atoms with Crippen LogP contribution in [0.4, 0.5) is 4.39 Å². The fourth-order valence-corrected chi connectivity index (χ4v) is 2.47. The van der Waals surface area contributed by atoms with Crippen LogP contribution in [0.25, 0.3) is 0 Å². The van der Waals surface area contributed by atoms with Crippen molar-refractivity contribution in [1.29, 1.82) is 0 Å². The molecule has 0 fully saturated rings. The van der Waals surface area contributed by atoms with E-state index in [1.165, 1.54) is 12.1 Å². The van der Waals surface area contributed by atoms with Gasteiger partial charge in [-0.2, -0.15) is 0 Å². The molecule has 3 nitrogen and oxygen atoms in total. The lowest BCUT2D eigenvalue weighted by molar-refractivity contribution is 0.580. The lowest BCUT2D eigenvalue weighted by atomic mass is 10.0. The van der Waals surface area contributed by atoms with Crippen molar-refractivity contribution in [3.63, 3.8) is 0 Å². The molecule has 0 radical (unpaired) electrons. The van der Waals surface area contributed by atoms with Gasteiger partial charge in [0.05, 0.1) is 5.75 Å². The molecule has 1 aromatic carbocycles.